The highest BCUT2D eigenvalue weighted by Crippen LogP contribution is 2.16. The molecule has 1 aromatic rings. The van der Waals surface area contributed by atoms with Gasteiger partial charge >= 0.3 is 0 Å². The normalized spacial score (nSPS) is 18.1. The minimum absolute atomic E-state index is 0.618. The van der Waals surface area contributed by atoms with E-state index in [1.54, 1.807) is 0 Å². The first-order chi connectivity index (χ1) is 14.1. The molecule has 0 amide bonds. The Kier molecular flexibility index (Phi) is 14.0. The summed E-state index contributed by atoms with van der Waals surface area (Å²) in [6, 6.07) is 12.0. The van der Waals surface area contributed by atoms with Crippen molar-refractivity contribution in [2.24, 2.45) is 0 Å². The summed E-state index contributed by atoms with van der Waals surface area (Å²) < 4.78 is 0. The SMILES string of the molecule is CC.CC(C)N1CCN(c2ccccc2)CC1.CC(C)NCCN1CCNCC1. The lowest BCUT2D eigenvalue weighted by Gasteiger charge is -2.38. The molecule has 2 aliphatic heterocycles. The van der Waals surface area contributed by atoms with Gasteiger partial charge in [0.1, 0.15) is 0 Å². The summed E-state index contributed by atoms with van der Waals surface area (Å²) in [6.07, 6.45) is 0. The Labute approximate surface area is 180 Å². The van der Waals surface area contributed by atoms with Crippen LogP contribution in [-0.4, -0.2) is 87.3 Å². The van der Waals surface area contributed by atoms with E-state index in [0.717, 1.165) is 32.7 Å². The van der Waals surface area contributed by atoms with Gasteiger partial charge in [0, 0.05) is 83.2 Å². The van der Waals surface area contributed by atoms with Crippen LogP contribution in [-0.2, 0) is 0 Å². The van der Waals surface area contributed by atoms with Crippen molar-refractivity contribution >= 4 is 5.69 Å². The summed E-state index contributed by atoms with van der Waals surface area (Å²) in [7, 11) is 0. The van der Waals surface area contributed by atoms with Crippen molar-refractivity contribution < 1.29 is 0 Å². The van der Waals surface area contributed by atoms with Gasteiger partial charge in [0.15, 0.2) is 0 Å². The number of benzene rings is 1. The molecule has 5 nitrogen and oxygen atoms in total. The van der Waals surface area contributed by atoms with Crippen LogP contribution >= 0.6 is 0 Å². The van der Waals surface area contributed by atoms with Crippen molar-refractivity contribution in [3.05, 3.63) is 30.3 Å². The van der Waals surface area contributed by atoms with Crippen LogP contribution in [0.2, 0.25) is 0 Å². The molecule has 0 saturated carbocycles. The molecular weight excluding hydrogens is 358 g/mol. The van der Waals surface area contributed by atoms with Gasteiger partial charge in [-0.1, -0.05) is 45.9 Å². The van der Waals surface area contributed by atoms with Crippen molar-refractivity contribution in [2.45, 2.75) is 53.6 Å². The first-order valence-electron chi connectivity index (χ1n) is 11.8. The highest BCUT2D eigenvalue weighted by Gasteiger charge is 2.18. The number of rotatable bonds is 6. The maximum Gasteiger partial charge on any atom is 0.0367 e. The van der Waals surface area contributed by atoms with Gasteiger partial charge in [-0.3, -0.25) is 9.80 Å². The molecule has 2 aliphatic rings. The molecule has 2 heterocycles. The van der Waals surface area contributed by atoms with Gasteiger partial charge < -0.3 is 15.5 Å². The molecule has 0 aliphatic carbocycles. The number of para-hydroxylation sites is 1. The van der Waals surface area contributed by atoms with Crippen molar-refractivity contribution in [2.75, 3.05) is 70.3 Å². The van der Waals surface area contributed by atoms with Crippen LogP contribution < -0.4 is 15.5 Å². The first kappa shape index (κ1) is 25.9. The molecule has 0 aromatic heterocycles. The van der Waals surface area contributed by atoms with Gasteiger partial charge in [0.2, 0.25) is 0 Å². The highest BCUT2D eigenvalue weighted by molar-refractivity contribution is 5.46. The molecule has 0 radical (unpaired) electrons. The third kappa shape index (κ3) is 11.0. The van der Waals surface area contributed by atoms with Gasteiger partial charge in [0.05, 0.1) is 0 Å². The van der Waals surface area contributed by atoms with E-state index in [-0.39, 0.29) is 0 Å². The second kappa shape index (κ2) is 15.7. The Balaban J connectivity index is 0.000000273. The minimum atomic E-state index is 0.618. The number of anilines is 1. The van der Waals surface area contributed by atoms with E-state index >= 15 is 0 Å². The standard InChI is InChI=1S/C13H20N2.C9H21N3.C2H6/c1-12(2)14-8-10-15(11-9-14)13-6-4-3-5-7-13;1-9(2)11-5-8-12-6-3-10-4-7-12;1-2/h3-7,12H,8-11H2,1-2H3;9-11H,3-8H2,1-2H3;1-2H3. The minimum Gasteiger partial charge on any atom is -0.369 e. The van der Waals surface area contributed by atoms with E-state index in [0.29, 0.717) is 12.1 Å². The monoisotopic (exact) mass is 405 g/mol. The average Bonchev–Trinajstić information content (AvgIpc) is 2.77. The van der Waals surface area contributed by atoms with Crippen molar-refractivity contribution in [1.82, 2.24) is 20.4 Å². The number of nitrogens with one attached hydrogen (secondary N) is 2. The van der Waals surface area contributed by atoms with Crippen LogP contribution in [0.25, 0.3) is 0 Å². The lowest BCUT2D eigenvalue weighted by molar-refractivity contribution is 0.209. The quantitative estimate of drug-likeness (QED) is 0.760. The summed E-state index contributed by atoms with van der Waals surface area (Å²) in [5.41, 5.74) is 1.36. The van der Waals surface area contributed by atoms with Crippen molar-refractivity contribution in [3.63, 3.8) is 0 Å². The predicted octanol–water partition coefficient (Wildman–Crippen LogP) is 3.13. The molecule has 0 atom stereocenters. The topological polar surface area (TPSA) is 33.8 Å². The molecule has 0 bridgehead atoms. The van der Waals surface area contributed by atoms with E-state index < -0.39 is 0 Å². The van der Waals surface area contributed by atoms with Crippen molar-refractivity contribution in [3.8, 4) is 0 Å². The number of hydrogen-bond acceptors (Lipinski definition) is 5. The van der Waals surface area contributed by atoms with E-state index in [4.69, 9.17) is 0 Å². The van der Waals surface area contributed by atoms with Crippen LogP contribution in [0.1, 0.15) is 41.5 Å². The molecule has 0 unspecified atom stereocenters. The predicted molar refractivity (Wildman–Crippen MR) is 129 cm³/mol. The summed E-state index contributed by atoms with van der Waals surface area (Å²) in [5, 5.41) is 6.78. The Morgan fingerprint density at radius 2 is 1.45 bits per heavy atom. The second-order valence-corrected chi connectivity index (χ2v) is 8.15. The Morgan fingerprint density at radius 1 is 0.862 bits per heavy atom. The summed E-state index contributed by atoms with van der Waals surface area (Å²) >= 11 is 0. The van der Waals surface area contributed by atoms with Crippen molar-refractivity contribution in [1.29, 1.82) is 0 Å². The number of nitrogens with zero attached hydrogens (tertiary/aromatic N) is 3. The van der Waals surface area contributed by atoms with E-state index in [1.807, 2.05) is 13.8 Å². The van der Waals surface area contributed by atoms with Gasteiger partial charge in [-0.05, 0) is 26.0 Å². The zero-order valence-electron chi connectivity index (χ0n) is 20.0. The van der Waals surface area contributed by atoms with Gasteiger partial charge in [-0.2, -0.15) is 0 Å². The Morgan fingerprint density at radius 3 is 1.97 bits per heavy atom. The Hall–Kier alpha value is -1.14. The maximum absolute atomic E-state index is 3.43. The smallest absolute Gasteiger partial charge is 0.0367 e. The molecule has 2 fully saturated rings. The largest absolute Gasteiger partial charge is 0.369 e. The van der Waals surface area contributed by atoms with E-state index in [1.165, 1.54) is 38.4 Å². The lowest BCUT2D eigenvalue weighted by atomic mass is 10.2. The number of piperazine rings is 2. The molecule has 168 valence electrons. The highest BCUT2D eigenvalue weighted by atomic mass is 15.3. The van der Waals surface area contributed by atoms with Gasteiger partial charge in [-0.15, -0.1) is 0 Å². The Bertz CT molecular complexity index is 477. The molecule has 2 saturated heterocycles. The lowest BCUT2D eigenvalue weighted by Crippen LogP contribution is -2.48. The maximum atomic E-state index is 3.43. The van der Waals surface area contributed by atoms with Crippen LogP contribution in [0.15, 0.2) is 30.3 Å². The summed E-state index contributed by atoms with van der Waals surface area (Å²) in [4.78, 5) is 7.52. The molecule has 1 aromatic carbocycles. The fraction of sp³-hybridized carbons (Fsp3) is 0.750. The van der Waals surface area contributed by atoms with Gasteiger partial charge in [-0.25, -0.2) is 0 Å². The fourth-order valence-electron chi connectivity index (χ4n) is 3.58. The number of hydrogen-bond donors (Lipinski definition) is 2. The molecule has 3 rings (SSSR count). The van der Waals surface area contributed by atoms with Gasteiger partial charge in [0.25, 0.3) is 0 Å². The zero-order valence-corrected chi connectivity index (χ0v) is 20.0. The average molecular weight is 406 g/mol. The second-order valence-electron chi connectivity index (χ2n) is 8.15. The molecule has 29 heavy (non-hydrogen) atoms. The fourth-order valence-corrected chi connectivity index (χ4v) is 3.58. The third-order valence-corrected chi connectivity index (χ3v) is 5.36. The zero-order chi connectivity index (χ0) is 21.5. The van der Waals surface area contributed by atoms with Crippen LogP contribution in [0, 0.1) is 0 Å². The van der Waals surface area contributed by atoms with Crippen LogP contribution in [0.3, 0.4) is 0 Å². The van der Waals surface area contributed by atoms with E-state index in [2.05, 4.69) is 83.4 Å². The van der Waals surface area contributed by atoms with E-state index in [9.17, 15) is 0 Å². The van der Waals surface area contributed by atoms with Crippen LogP contribution in [0.5, 0.6) is 0 Å². The molecular formula is C24H47N5. The molecule has 2 N–H and O–H groups in total. The van der Waals surface area contributed by atoms with Crippen LogP contribution in [0.4, 0.5) is 5.69 Å². The molecule has 0 spiro atoms. The first-order valence-corrected chi connectivity index (χ1v) is 11.8. The molecule has 5 heteroatoms. The summed E-state index contributed by atoms with van der Waals surface area (Å²) in [6.45, 7) is 24.7. The third-order valence-electron chi connectivity index (χ3n) is 5.36. The summed E-state index contributed by atoms with van der Waals surface area (Å²) in [5.74, 6) is 0.